The zero-order valence-electron chi connectivity index (χ0n) is 14.6. The van der Waals surface area contributed by atoms with Gasteiger partial charge in [-0.1, -0.05) is 28.9 Å². The van der Waals surface area contributed by atoms with Crippen molar-refractivity contribution in [3.63, 3.8) is 0 Å². The van der Waals surface area contributed by atoms with Crippen molar-refractivity contribution in [3.05, 3.63) is 12.7 Å². The minimum atomic E-state index is -0.749. The summed E-state index contributed by atoms with van der Waals surface area (Å²) < 4.78 is 18.2. The number of halogens is 1. The summed E-state index contributed by atoms with van der Waals surface area (Å²) in [5, 5.41) is 0. The molecule has 0 N–H and O–H groups in total. The van der Waals surface area contributed by atoms with Crippen LogP contribution in [0.2, 0.25) is 0 Å². The van der Waals surface area contributed by atoms with Gasteiger partial charge in [0, 0.05) is 12.3 Å². The van der Waals surface area contributed by atoms with Crippen LogP contribution in [0.1, 0.15) is 46.5 Å². The average molecular weight is 403 g/mol. The maximum Gasteiger partial charge on any atom is 0.201 e. The lowest BCUT2D eigenvalue weighted by Crippen LogP contribution is -2.74. The Kier molecular flexibility index (Phi) is 4.18. The van der Waals surface area contributed by atoms with Gasteiger partial charge in [0.2, 0.25) is 5.79 Å². The van der Waals surface area contributed by atoms with Gasteiger partial charge in [-0.3, -0.25) is 0 Å². The van der Waals surface area contributed by atoms with Crippen LogP contribution in [0.25, 0.3) is 0 Å². The van der Waals surface area contributed by atoms with Crippen LogP contribution < -0.4 is 0 Å². The number of alkyl halides is 1. The lowest BCUT2D eigenvalue weighted by Gasteiger charge is -2.62. The van der Waals surface area contributed by atoms with Crippen molar-refractivity contribution < 1.29 is 24.0 Å². The van der Waals surface area contributed by atoms with Gasteiger partial charge in [0.25, 0.3) is 0 Å². The molecule has 5 nitrogen and oxygen atoms in total. The third-order valence-electron chi connectivity index (χ3n) is 6.47. The summed E-state index contributed by atoms with van der Waals surface area (Å²) >= 11 is 3.92. The Labute approximate surface area is 152 Å². The molecular weight excluding hydrogens is 376 g/mol. The van der Waals surface area contributed by atoms with Gasteiger partial charge in [0.1, 0.15) is 0 Å². The van der Waals surface area contributed by atoms with E-state index in [4.69, 9.17) is 24.0 Å². The summed E-state index contributed by atoms with van der Waals surface area (Å²) in [5.74, 6) is 0.333. The molecule has 24 heavy (non-hydrogen) atoms. The van der Waals surface area contributed by atoms with Gasteiger partial charge >= 0.3 is 0 Å². The summed E-state index contributed by atoms with van der Waals surface area (Å²) in [5.41, 5.74) is -0.583. The number of hydrogen-bond acceptors (Lipinski definition) is 5. The molecule has 4 saturated heterocycles. The van der Waals surface area contributed by atoms with E-state index in [0.717, 1.165) is 19.3 Å². The Morgan fingerprint density at radius 1 is 1.25 bits per heavy atom. The van der Waals surface area contributed by atoms with Gasteiger partial charge < -0.3 is 14.2 Å². The van der Waals surface area contributed by atoms with Crippen molar-refractivity contribution in [1.82, 2.24) is 0 Å². The monoisotopic (exact) mass is 402 g/mol. The largest absolute Gasteiger partial charge is 0.347 e. The van der Waals surface area contributed by atoms with E-state index < -0.39 is 24.0 Å². The van der Waals surface area contributed by atoms with Gasteiger partial charge in [-0.2, -0.15) is 0 Å². The quantitative estimate of drug-likeness (QED) is 0.406. The first-order valence-electron chi connectivity index (χ1n) is 8.95. The number of hydrogen-bond donors (Lipinski definition) is 0. The average Bonchev–Trinajstić information content (AvgIpc) is 2.75. The van der Waals surface area contributed by atoms with Crippen molar-refractivity contribution in [1.29, 1.82) is 0 Å². The molecule has 0 aromatic carbocycles. The summed E-state index contributed by atoms with van der Waals surface area (Å²) in [6, 6.07) is 0. The van der Waals surface area contributed by atoms with Crippen LogP contribution in [0.5, 0.6) is 0 Å². The predicted molar refractivity (Wildman–Crippen MR) is 91.1 cm³/mol. The molecular formula is C18H27BrO5. The minimum absolute atomic E-state index is 0.183. The van der Waals surface area contributed by atoms with E-state index in [9.17, 15) is 0 Å². The van der Waals surface area contributed by atoms with Crippen LogP contribution in [0.15, 0.2) is 12.7 Å². The first kappa shape index (κ1) is 17.4. The molecule has 5 fully saturated rings. The number of rotatable bonds is 3. The van der Waals surface area contributed by atoms with Crippen LogP contribution >= 0.6 is 15.9 Å². The number of ether oxygens (including phenoxy) is 3. The molecule has 8 atom stereocenters. The van der Waals surface area contributed by atoms with Gasteiger partial charge in [-0.25, -0.2) is 9.78 Å². The second-order valence-electron chi connectivity index (χ2n) is 8.10. The zero-order chi connectivity index (χ0) is 17.2. The smallest absolute Gasteiger partial charge is 0.201 e. The fourth-order valence-corrected chi connectivity index (χ4v) is 6.04. The lowest BCUT2D eigenvalue weighted by molar-refractivity contribution is -0.575. The molecule has 0 aromatic heterocycles. The van der Waals surface area contributed by atoms with E-state index in [0.29, 0.717) is 18.4 Å². The third-order valence-corrected chi connectivity index (χ3v) is 7.40. The third kappa shape index (κ3) is 2.30. The second kappa shape index (κ2) is 5.76. The van der Waals surface area contributed by atoms with Crippen LogP contribution in [0.4, 0.5) is 0 Å². The van der Waals surface area contributed by atoms with E-state index in [2.05, 4.69) is 36.4 Å². The van der Waals surface area contributed by atoms with E-state index in [-0.39, 0.29) is 10.2 Å². The molecule has 1 unspecified atom stereocenters. The molecule has 1 saturated carbocycles. The van der Waals surface area contributed by atoms with Crippen LogP contribution in [0, 0.1) is 17.8 Å². The Hall–Kier alpha value is 0.0200. The van der Waals surface area contributed by atoms with Gasteiger partial charge in [-0.15, -0.1) is 6.58 Å². The maximum atomic E-state index is 6.32. The zero-order valence-corrected chi connectivity index (χ0v) is 16.2. The summed E-state index contributed by atoms with van der Waals surface area (Å²) in [6.45, 7) is 10.5. The van der Waals surface area contributed by atoms with Crippen molar-refractivity contribution in [2.45, 2.75) is 74.7 Å². The highest BCUT2D eigenvalue weighted by atomic mass is 79.9. The Morgan fingerprint density at radius 3 is 2.79 bits per heavy atom. The molecule has 6 heteroatoms. The maximum absolute atomic E-state index is 6.32. The van der Waals surface area contributed by atoms with Crippen LogP contribution in [-0.4, -0.2) is 34.9 Å². The molecule has 136 valence electrons. The molecule has 2 bridgehead atoms. The first-order valence-corrected chi connectivity index (χ1v) is 9.74. The Bertz CT molecular complexity index is 526. The van der Waals surface area contributed by atoms with Gasteiger partial charge in [0.15, 0.2) is 18.2 Å². The standard InChI is InChI=1S/C18H27BrO5/c1-5-10-20-14-17(4,19)13-7-6-11(2)12-8-9-16(3)22-15(21-14)18(12,13)24-23-16/h5,11-15H,1,6-10H2,2-4H3/t11-,12+,13+,14+,15-,16-,17?,18-/m1/s1. The SMILES string of the molecule is C=CCO[C@H]1O[C@@H]2O[C@@]3(C)CC[C@H]4[C@H](C)CC[C@@H](C1(C)Br)[C@@]24OO3. The molecule has 5 aliphatic rings. The second-order valence-corrected chi connectivity index (χ2v) is 9.81. The molecule has 1 spiro atoms. The summed E-state index contributed by atoms with van der Waals surface area (Å²) in [7, 11) is 0. The van der Waals surface area contributed by atoms with Gasteiger partial charge in [0.05, 0.1) is 10.9 Å². The molecule has 5 rings (SSSR count). The van der Waals surface area contributed by atoms with Crippen molar-refractivity contribution >= 4 is 15.9 Å². The van der Waals surface area contributed by atoms with E-state index in [1.807, 2.05) is 6.92 Å². The highest BCUT2D eigenvalue weighted by Gasteiger charge is 2.72. The van der Waals surface area contributed by atoms with E-state index >= 15 is 0 Å². The van der Waals surface area contributed by atoms with E-state index in [1.54, 1.807) is 6.08 Å². The summed E-state index contributed by atoms with van der Waals surface area (Å²) in [6.07, 6.45) is 4.87. The minimum Gasteiger partial charge on any atom is -0.347 e. The molecule has 4 aliphatic heterocycles. The van der Waals surface area contributed by atoms with Crippen molar-refractivity contribution in [2.75, 3.05) is 6.61 Å². The summed E-state index contributed by atoms with van der Waals surface area (Å²) in [4.78, 5) is 11.9. The molecule has 1 aliphatic carbocycles. The highest BCUT2D eigenvalue weighted by molar-refractivity contribution is 9.10. The van der Waals surface area contributed by atoms with Crippen molar-refractivity contribution in [2.24, 2.45) is 17.8 Å². The fraction of sp³-hybridized carbons (Fsp3) is 0.889. The van der Waals surface area contributed by atoms with Crippen LogP contribution in [0.3, 0.4) is 0 Å². The molecule has 0 radical (unpaired) electrons. The fourth-order valence-electron chi connectivity index (χ4n) is 5.21. The lowest BCUT2D eigenvalue weighted by atomic mass is 9.58. The van der Waals surface area contributed by atoms with Crippen molar-refractivity contribution in [3.8, 4) is 0 Å². The number of fused-ring (bicyclic) bond motifs is 2. The predicted octanol–water partition coefficient (Wildman–Crippen LogP) is 3.91. The molecule has 4 heterocycles. The highest BCUT2D eigenvalue weighted by Crippen LogP contribution is 2.63. The molecule has 0 amide bonds. The topological polar surface area (TPSA) is 46.2 Å². The van der Waals surface area contributed by atoms with Crippen LogP contribution in [-0.2, 0) is 24.0 Å². The van der Waals surface area contributed by atoms with Gasteiger partial charge in [-0.05, 0) is 44.9 Å². The first-order chi connectivity index (χ1) is 11.3. The van der Waals surface area contributed by atoms with E-state index in [1.165, 1.54) is 6.42 Å². The molecule has 0 aromatic rings. The normalized spacial score (nSPS) is 56.4. The Balaban J connectivity index is 1.76. The Morgan fingerprint density at radius 2 is 2.04 bits per heavy atom.